The normalized spacial score (nSPS) is 13.3. The Morgan fingerprint density at radius 3 is 2.49 bits per heavy atom. The molecule has 35 heavy (non-hydrogen) atoms. The largest absolute Gasteiger partial charge is 0.421 e. The minimum Gasteiger partial charge on any atom is -0.365 e. The standard InChI is InChI=1S/C21H24F3N6O3PS/c1-13(35(25,32)33)18-14(6-5-9-26-18)11-27-19-17(21(22,23)24)12-28-20(30-19)29-15-7-4-8-16(10-15)34(2,3)31/h4-10,12-13H,11H2,1-3H3,(H2,25,32,33)(H2,27,28,29,30). The zero-order chi connectivity index (χ0) is 26.0. The van der Waals surface area contributed by atoms with Crippen LogP contribution in [0.1, 0.15) is 29.0 Å². The molecule has 14 heteroatoms. The van der Waals surface area contributed by atoms with Crippen molar-refractivity contribution in [3.63, 3.8) is 0 Å². The molecule has 188 valence electrons. The predicted octanol–water partition coefficient (Wildman–Crippen LogP) is 3.84. The molecule has 0 radical (unpaired) electrons. The molecule has 2 heterocycles. The molecule has 2 aromatic heterocycles. The van der Waals surface area contributed by atoms with E-state index in [4.69, 9.17) is 5.14 Å². The molecule has 0 bridgehead atoms. The van der Waals surface area contributed by atoms with Gasteiger partial charge in [0.25, 0.3) is 0 Å². The number of hydrogen-bond acceptors (Lipinski definition) is 8. The van der Waals surface area contributed by atoms with Crippen LogP contribution in [0.5, 0.6) is 0 Å². The molecule has 0 fully saturated rings. The average Bonchev–Trinajstić information content (AvgIpc) is 2.75. The summed E-state index contributed by atoms with van der Waals surface area (Å²) in [7, 11) is -6.53. The number of anilines is 3. The lowest BCUT2D eigenvalue weighted by Crippen LogP contribution is -2.22. The van der Waals surface area contributed by atoms with Crippen molar-refractivity contribution in [2.45, 2.75) is 24.9 Å². The molecule has 4 N–H and O–H groups in total. The van der Waals surface area contributed by atoms with E-state index >= 15 is 0 Å². The minimum atomic E-state index is -4.75. The van der Waals surface area contributed by atoms with E-state index in [-0.39, 0.29) is 18.2 Å². The summed E-state index contributed by atoms with van der Waals surface area (Å²) in [4.78, 5) is 11.8. The fourth-order valence-electron chi connectivity index (χ4n) is 3.13. The second-order valence-electron chi connectivity index (χ2n) is 8.11. The highest BCUT2D eigenvalue weighted by Crippen LogP contribution is 2.36. The number of rotatable bonds is 8. The van der Waals surface area contributed by atoms with Crippen molar-refractivity contribution in [2.24, 2.45) is 5.14 Å². The van der Waals surface area contributed by atoms with Gasteiger partial charge in [-0.25, -0.2) is 18.5 Å². The number of nitrogens with zero attached hydrogens (tertiary/aromatic N) is 3. The third-order valence-electron chi connectivity index (χ3n) is 5.07. The molecule has 9 nitrogen and oxygen atoms in total. The number of sulfonamides is 1. The zero-order valence-corrected chi connectivity index (χ0v) is 20.7. The molecule has 0 saturated heterocycles. The van der Waals surface area contributed by atoms with Gasteiger partial charge in [0, 0.05) is 29.9 Å². The van der Waals surface area contributed by atoms with E-state index in [0.717, 1.165) is 0 Å². The number of primary sulfonamides is 1. The van der Waals surface area contributed by atoms with Crippen molar-refractivity contribution in [3.05, 3.63) is 65.6 Å². The molecule has 3 aromatic rings. The van der Waals surface area contributed by atoms with E-state index in [9.17, 15) is 26.2 Å². The number of halogens is 3. The van der Waals surface area contributed by atoms with E-state index < -0.39 is 40.0 Å². The minimum absolute atomic E-state index is 0.115. The van der Waals surface area contributed by atoms with Crippen LogP contribution in [-0.2, 0) is 27.3 Å². The quantitative estimate of drug-likeness (QED) is 0.375. The summed E-state index contributed by atoms with van der Waals surface area (Å²) in [5.41, 5.74) is -0.199. The lowest BCUT2D eigenvalue weighted by molar-refractivity contribution is -0.137. The third-order valence-corrected chi connectivity index (χ3v) is 7.80. The van der Waals surface area contributed by atoms with Crippen molar-refractivity contribution < 1.29 is 26.2 Å². The van der Waals surface area contributed by atoms with Gasteiger partial charge in [-0.2, -0.15) is 18.2 Å². The van der Waals surface area contributed by atoms with Gasteiger partial charge in [0.2, 0.25) is 16.0 Å². The zero-order valence-electron chi connectivity index (χ0n) is 19.0. The molecule has 1 aromatic carbocycles. The summed E-state index contributed by atoms with van der Waals surface area (Å²) in [6.07, 6.45) is -2.74. The van der Waals surface area contributed by atoms with Crippen molar-refractivity contribution in [3.8, 4) is 0 Å². The maximum Gasteiger partial charge on any atom is 0.421 e. The number of aromatic nitrogens is 3. The number of nitrogens with two attached hydrogens (primary N) is 1. The van der Waals surface area contributed by atoms with Crippen LogP contribution in [0.25, 0.3) is 0 Å². The SMILES string of the molecule is CC(c1ncccc1CNc1nc(Nc2cccc(P(C)(C)=O)c2)ncc1C(F)(F)F)S(N)(=O)=O. The molecule has 0 aliphatic heterocycles. The van der Waals surface area contributed by atoms with Crippen molar-refractivity contribution in [1.29, 1.82) is 0 Å². The summed E-state index contributed by atoms with van der Waals surface area (Å²) in [5, 5.41) is 10.1. The smallest absolute Gasteiger partial charge is 0.365 e. The van der Waals surface area contributed by atoms with Gasteiger partial charge in [0.15, 0.2) is 0 Å². The molecular weight excluding hydrogens is 504 g/mol. The maximum atomic E-state index is 13.6. The molecule has 1 unspecified atom stereocenters. The molecule has 0 aliphatic carbocycles. The predicted molar refractivity (Wildman–Crippen MR) is 129 cm³/mol. The number of hydrogen-bond donors (Lipinski definition) is 3. The van der Waals surface area contributed by atoms with Crippen LogP contribution in [0.4, 0.5) is 30.6 Å². The summed E-state index contributed by atoms with van der Waals surface area (Å²) in [6.45, 7) is 4.35. The number of benzene rings is 1. The Bertz CT molecular complexity index is 1380. The van der Waals surface area contributed by atoms with E-state index in [1.54, 1.807) is 37.6 Å². The molecule has 0 spiro atoms. The second-order valence-corrected chi connectivity index (χ2v) is 13.2. The Hall–Kier alpha value is -3.02. The van der Waals surface area contributed by atoms with Gasteiger partial charge >= 0.3 is 6.18 Å². The first-order valence-corrected chi connectivity index (χ1v) is 14.4. The maximum absolute atomic E-state index is 13.6. The van der Waals surface area contributed by atoms with Gasteiger partial charge in [0.1, 0.15) is 23.8 Å². The van der Waals surface area contributed by atoms with Gasteiger partial charge in [-0.1, -0.05) is 18.2 Å². The molecule has 0 amide bonds. The van der Waals surface area contributed by atoms with Crippen LogP contribution < -0.4 is 21.1 Å². The van der Waals surface area contributed by atoms with Gasteiger partial charge in [-0.05, 0) is 44.0 Å². The van der Waals surface area contributed by atoms with Crippen LogP contribution in [0.15, 0.2) is 48.8 Å². The lowest BCUT2D eigenvalue weighted by atomic mass is 10.1. The van der Waals surface area contributed by atoms with Crippen molar-refractivity contribution in [1.82, 2.24) is 15.0 Å². The summed E-state index contributed by atoms with van der Waals surface area (Å²) < 4.78 is 76.7. The molecule has 0 saturated carbocycles. The number of nitrogens with one attached hydrogen (secondary N) is 2. The molecular formula is C21H24F3N6O3PS. The molecule has 0 aliphatic rings. The third kappa shape index (κ3) is 6.77. The van der Waals surface area contributed by atoms with E-state index in [2.05, 4.69) is 25.6 Å². The monoisotopic (exact) mass is 528 g/mol. The van der Waals surface area contributed by atoms with Crippen LogP contribution in [0.2, 0.25) is 0 Å². The Labute approximate surface area is 200 Å². The fraction of sp³-hybridized carbons (Fsp3) is 0.286. The lowest BCUT2D eigenvalue weighted by Gasteiger charge is -2.17. The summed E-state index contributed by atoms with van der Waals surface area (Å²) in [6, 6.07) is 9.68. The van der Waals surface area contributed by atoms with Gasteiger partial charge in [0.05, 0.1) is 5.69 Å². The highest BCUT2D eigenvalue weighted by molar-refractivity contribution is 7.89. The average molecular weight is 528 g/mol. The van der Waals surface area contributed by atoms with E-state index in [1.807, 2.05) is 0 Å². The highest BCUT2D eigenvalue weighted by Gasteiger charge is 2.35. The summed E-state index contributed by atoms with van der Waals surface area (Å²) >= 11 is 0. The number of pyridine rings is 1. The Balaban J connectivity index is 1.93. The van der Waals surface area contributed by atoms with Crippen LogP contribution in [0, 0.1) is 0 Å². The fourth-order valence-corrected chi connectivity index (χ4v) is 4.55. The van der Waals surface area contributed by atoms with Crippen molar-refractivity contribution >= 4 is 39.9 Å². The Kier molecular flexibility index (Phi) is 7.53. The van der Waals surface area contributed by atoms with Gasteiger partial charge in [-0.15, -0.1) is 0 Å². The van der Waals surface area contributed by atoms with Crippen LogP contribution >= 0.6 is 7.14 Å². The highest BCUT2D eigenvalue weighted by atomic mass is 32.2. The summed E-state index contributed by atoms with van der Waals surface area (Å²) in [5.74, 6) is -0.634. The van der Waals surface area contributed by atoms with Crippen LogP contribution in [-0.4, -0.2) is 36.7 Å². The first kappa shape index (κ1) is 26.6. The molecule has 3 rings (SSSR count). The van der Waals surface area contributed by atoms with E-state index in [0.29, 0.717) is 22.8 Å². The Morgan fingerprint density at radius 2 is 1.86 bits per heavy atom. The van der Waals surface area contributed by atoms with Crippen molar-refractivity contribution in [2.75, 3.05) is 24.0 Å². The first-order chi connectivity index (χ1) is 16.2. The molecule has 1 atom stereocenters. The van der Waals surface area contributed by atoms with Crippen LogP contribution in [0.3, 0.4) is 0 Å². The second kappa shape index (κ2) is 9.92. The Morgan fingerprint density at radius 1 is 1.14 bits per heavy atom. The van der Waals surface area contributed by atoms with Gasteiger partial charge in [-0.3, -0.25) is 4.98 Å². The van der Waals surface area contributed by atoms with E-state index in [1.165, 1.54) is 25.3 Å². The number of alkyl halides is 3. The van der Waals surface area contributed by atoms with Gasteiger partial charge < -0.3 is 15.2 Å². The first-order valence-electron chi connectivity index (χ1n) is 10.2. The topological polar surface area (TPSA) is 140 Å².